The van der Waals surface area contributed by atoms with E-state index in [1.54, 1.807) is 7.11 Å². The number of nitrogens with zero attached hydrogens (tertiary/aromatic N) is 2. The number of urea groups is 1. The normalized spacial score (nSPS) is 12.6. The van der Waals surface area contributed by atoms with Gasteiger partial charge in [0.15, 0.2) is 0 Å². The second-order valence-corrected chi connectivity index (χ2v) is 7.18. The average molecular weight is 344 g/mol. The molecule has 2 rings (SSSR count). The first kappa shape index (κ1) is 18.8. The van der Waals surface area contributed by atoms with Gasteiger partial charge in [0.2, 0.25) is 0 Å². The molecule has 2 aromatic rings. The van der Waals surface area contributed by atoms with E-state index in [0.717, 1.165) is 22.6 Å². The van der Waals surface area contributed by atoms with E-state index in [9.17, 15) is 4.79 Å². The third-order valence-corrected chi connectivity index (χ3v) is 4.05. The summed E-state index contributed by atoms with van der Waals surface area (Å²) >= 11 is 0. The van der Waals surface area contributed by atoms with Crippen molar-refractivity contribution in [1.82, 2.24) is 20.4 Å². The number of aryl methyl sites for hydroxylation is 1. The number of aromatic nitrogens is 2. The number of amides is 2. The maximum absolute atomic E-state index is 12.2. The van der Waals surface area contributed by atoms with Crippen LogP contribution in [0.1, 0.15) is 50.6 Å². The summed E-state index contributed by atoms with van der Waals surface area (Å²) in [5.74, 6) is 0.799. The monoisotopic (exact) mass is 344 g/mol. The van der Waals surface area contributed by atoms with Crippen LogP contribution in [0.2, 0.25) is 0 Å². The summed E-state index contributed by atoms with van der Waals surface area (Å²) in [6, 6.07) is 7.29. The van der Waals surface area contributed by atoms with E-state index in [-0.39, 0.29) is 17.6 Å². The first-order valence-electron chi connectivity index (χ1n) is 8.44. The van der Waals surface area contributed by atoms with Crippen molar-refractivity contribution in [2.75, 3.05) is 7.11 Å². The molecule has 0 aliphatic rings. The fraction of sp³-hybridized carbons (Fsp3) is 0.474. The third-order valence-electron chi connectivity index (χ3n) is 4.05. The van der Waals surface area contributed by atoms with Gasteiger partial charge in [-0.25, -0.2) is 4.79 Å². The maximum atomic E-state index is 12.2. The molecule has 25 heavy (non-hydrogen) atoms. The first-order chi connectivity index (χ1) is 11.7. The predicted octanol–water partition coefficient (Wildman–Crippen LogP) is 3.52. The van der Waals surface area contributed by atoms with Crippen LogP contribution in [0.15, 0.2) is 30.5 Å². The summed E-state index contributed by atoms with van der Waals surface area (Å²) < 4.78 is 7.06. The first-order valence-corrected chi connectivity index (χ1v) is 8.44. The number of methoxy groups -OCH3 is 1. The van der Waals surface area contributed by atoms with Crippen molar-refractivity contribution < 1.29 is 9.53 Å². The van der Waals surface area contributed by atoms with E-state index >= 15 is 0 Å². The Morgan fingerprint density at radius 1 is 1.28 bits per heavy atom. The van der Waals surface area contributed by atoms with E-state index in [0.29, 0.717) is 6.54 Å². The Balaban J connectivity index is 1.92. The van der Waals surface area contributed by atoms with Crippen LogP contribution in [0.3, 0.4) is 0 Å². The van der Waals surface area contributed by atoms with E-state index < -0.39 is 0 Å². The van der Waals surface area contributed by atoms with Crippen molar-refractivity contribution >= 4 is 6.03 Å². The Labute approximate surface area is 149 Å². The van der Waals surface area contributed by atoms with Gasteiger partial charge in [0.05, 0.1) is 24.4 Å². The zero-order valence-electron chi connectivity index (χ0n) is 15.9. The molecule has 1 heterocycles. The highest BCUT2D eigenvalue weighted by molar-refractivity contribution is 5.74. The molecule has 0 saturated heterocycles. The lowest BCUT2D eigenvalue weighted by molar-refractivity contribution is 0.237. The highest BCUT2D eigenvalue weighted by atomic mass is 16.5. The highest BCUT2D eigenvalue weighted by Gasteiger charge is 2.20. The smallest absolute Gasteiger partial charge is 0.315 e. The van der Waals surface area contributed by atoms with Crippen molar-refractivity contribution in [3.05, 3.63) is 47.3 Å². The minimum absolute atomic E-state index is 0.0840. The number of hydrogen-bond donors (Lipinski definition) is 2. The lowest BCUT2D eigenvalue weighted by Crippen LogP contribution is -2.36. The maximum Gasteiger partial charge on any atom is 0.315 e. The molecular formula is C19H28N4O2. The number of carbonyl (C=O) groups excluding carboxylic acids is 1. The summed E-state index contributed by atoms with van der Waals surface area (Å²) in [6.07, 6.45) is 2.00. The average Bonchev–Trinajstić information content (AvgIpc) is 2.95. The Morgan fingerprint density at radius 2 is 1.92 bits per heavy atom. The topological polar surface area (TPSA) is 68.2 Å². The fourth-order valence-electron chi connectivity index (χ4n) is 2.49. The Morgan fingerprint density at radius 3 is 2.44 bits per heavy atom. The Bertz CT molecular complexity index is 714. The van der Waals surface area contributed by atoms with Gasteiger partial charge in [-0.15, -0.1) is 0 Å². The van der Waals surface area contributed by atoms with Gasteiger partial charge >= 0.3 is 6.03 Å². The highest BCUT2D eigenvalue weighted by Crippen LogP contribution is 2.21. The second kappa shape index (κ2) is 7.59. The quantitative estimate of drug-likeness (QED) is 0.872. The molecule has 1 atom stereocenters. The lowest BCUT2D eigenvalue weighted by Gasteiger charge is -2.19. The molecule has 0 aliphatic heterocycles. The molecular weight excluding hydrogens is 316 g/mol. The van der Waals surface area contributed by atoms with Crippen LogP contribution in [0.5, 0.6) is 5.75 Å². The van der Waals surface area contributed by atoms with Crippen LogP contribution < -0.4 is 15.4 Å². The molecule has 0 spiro atoms. The zero-order chi connectivity index (χ0) is 18.6. The molecule has 1 aromatic heterocycles. The lowest BCUT2D eigenvalue weighted by atomic mass is 10.1. The molecule has 0 fully saturated rings. The molecule has 6 heteroatoms. The Hall–Kier alpha value is -2.50. The standard InChI is InChI=1S/C19H28N4O2/c1-13(17-12-23(19(3,4)5)22-14(17)2)21-18(24)20-11-15-7-9-16(25-6)10-8-15/h7-10,12-13H,11H2,1-6H3,(H2,20,21,24)/t13-/m1/s1. The summed E-state index contributed by atoms with van der Waals surface area (Å²) in [5, 5.41) is 10.4. The number of rotatable bonds is 5. The predicted molar refractivity (Wildman–Crippen MR) is 98.7 cm³/mol. The van der Waals surface area contributed by atoms with Crippen molar-refractivity contribution in [3.8, 4) is 5.75 Å². The fourth-order valence-corrected chi connectivity index (χ4v) is 2.49. The third kappa shape index (κ3) is 4.98. The molecule has 2 N–H and O–H groups in total. The van der Waals surface area contributed by atoms with Crippen LogP contribution in [0, 0.1) is 6.92 Å². The molecule has 1 aromatic carbocycles. The van der Waals surface area contributed by atoms with Gasteiger partial charge in [-0.3, -0.25) is 4.68 Å². The number of hydrogen-bond acceptors (Lipinski definition) is 3. The van der Waals surface area contributed by atoms with Crippen LogP contribution in [-0.4, -0.2) is 22.9 Å². The van der Waals surface area contributed by atoms with Gasteiger partial charge in [0.1, 0.15) is 5.75 Å². The van der Waals surface area contributed by atoms with Crippen LogP contribution in [0.4, 0.5) is 4.79 Å². The molecule has 2 amide bonds. The summed E-state index contributed by atoms with van der Waals surface area (Å²) in [4.78, 5) is 12.2. The van der Waals surface area contributed by atoms with Gasteiger partial charge in [-0.1, -0.05) is 12.1 Å². The molecule has 0 radical (unpaired) electrons. The van der Waals surface area contributed by atoms with Crippen LogP contribution in [0.25, 0.3) is 0 Å². The summed E-state index contributed by atoms with van der Waals surface area (Å²) in [7, 11) is 1.63. The Kier molecular flexibility index (Phi) is 5.72. The minimum Gasteiger partial charge on any atom is -0.497 e. The summed E-state index contributed by atoms with van der Waals surface area (Å²) in [6.45, 7) is 10.7. The van der Waals surface area contributed by atoms with Crippen molar-refractivity contribution in [2.24, 2.45) is 0 Å². The second-order valence-electron chi connectivity index (χ2n) is 7.18. The number of nitrogens with one attached hydrogen (secondary N) is 2. The van der Waals surface area contributed by atoms with Crippen LogP contribution in [-0.2, 0) is 12.1 Å². The van der Waals surface area contributed by atoms with Gasteiger partial charge in [-0.05, 0) is 52.3 Å². The van der Waals surface area contributed by atoms with E-state index in [2.05, 4.69) is 36.5 Å². The van der Waals surface area contributed by atoms with Crippen molar-refractivity contribution in [1.29, 1.82) is 0 Å². The van der Waals surface area contributed by atoms with Crippen molar-refractivity contribution in [2.45, 2.75) is 52.7 Å². The molecule has 0 saturated carbocycles. The van der Waals surface area contributed by atoms with Gasteiger partial charge in [0.25, 0.3) is 0 Å². The van der Waals surface area contributed by atoms with Crippen molar-refractivity contribution in [3.63, 3.8) is 0 Å². The minimum atomic E-state index is -0.203. The molecule has 6 nitrogen and oxygen atoms in total. The van der Waals surface area contributed by atoms with E-state index in [1.807, 2.05) is 49.0 Å². The molecule has 136 valence electrons. The van der Waals surface area contributed by atoms with E-state index in [1.165, 1.54) is 0 Å². The van der Waals surface area contributed by atoms with Gasteiger partial charge in [0, 0.05) is 18.3 Å². The zero-order valence-corrected chi connectivity index (χ0v) is 15.9. The largest absolute Gasteiger partial charge is 0.497 e. The number of carbonyl (C=O) groups is 1. The molecule has 0 aliphatic carbocycles. The van der Waals surface area contributed by atoms with Gasteiger partial charge in [-0.2, -0.15) is 5.10 Å². The van der Waals surface area contributed by atoms with Gasteiger partial charge < -0.3 is 15.4 Å². The molecule has 0 unspecified atom stereocenters. The van der Waals surface area contributed by atoms with E-state index in [4.69, 9.17) is 4.74 Å². The number of benzene rings is 1. The number of ether oxygens (including phenoxy) is 1. The van der Waals surface area contributed by atoms with Crippen LogP contribution >= 0.6 is 0 Å². The SMILES string of the molecule is COc1ccc(CNC(=O)N[C@H](C)c2cn(C(C)(C)C)nc2C)cc1. The molecule has 0 bridgehead atoms. The summed E-state index contributed by atoms with van der Waals surface area (Å²) in [5.41, 5.74) is 2.88.